The number of non-ortho nitro benzene ring substituents is 1. The Labute approximate surface area is 139 Å². The molecular weight excluding hydrogens is 316 g/mol. The minimum Gasteiger partial charge on any atom is -0.481 e. The molecule has 1 atom stereocenters. The normalized spacial score (nSPS) is 20.7. The number of likely N-dealkylation sites (tertiary alicyclic amines) is 1. The highest BCUT2D eigenvalue weighted by atomic mass is 16.6. The molecular formula is C16H20N2O6. The number of aryl methyl sites for hydroxylation is 1. The standard InChI is InChI=1S/C16H20N2O6/c1-11-6-12(8-13(7-11)18(22)23)14(19)17-5-3-4-16(9-17,10-24-2)15(20)21/h6-8H,3-5,9-10H2,1-2H3,(H,20,21). The van der Waals surface area contributed by atoms with E-state index in [0.717, 1.165) is 0 Å². The zero-order valence-corrected chi connectivity index (χ0v) is 13.7. The molecule has 1 saturated heterocycles. The van der Waals surface area contributed by atoms with Crippen LogP contribution in [0.1, 0.15) is 28.8 Å². The lowest BCUT2D eigenvalue weighted by Gasteiger charge is -2.39. The molecule has 0 aromatic heterocycles. The van der Waals surface area contributed by atoms with Crippen molar-refractivity contribution in [1.82, 2.24) is 4.90 Å². The van der Waals surface area contributed by atoms with Crippen molar-refractivity contribution in [3.05, 3.63) is 39.4 Å². The van der Waals surface area contributed by atoms with E-state index < -0.39 is 22.2 Å². The fraction of sp³-hybridized carbons (Fsp3) is 0.500. The summed E-state index contributed by atoms with van der Waals surface area (Å²) >= 11 is 0. The third kappa shape index (κ3) is 3.53. The van der Waals surface area contributed by atoms with Gasteiger partial charge in [-0.2, -0.15) is 0 Å². The molecule has 8 nitrogen and oxygen atoms in total. The van der Waals surface area contributed by atoms with Crippen LogP contribution >= 0.6 is 0 Å². The van der Waals surface area contributed by atoms with E-state index in [4.69, 9.17) is 4.74 Å². The summed E-state index contributed by atoms with van der Waals surface area (Å²) in [6.07, 6.45) is 0.962. The number of methoxy groups -OCH3 is 1. The van der Waals surface area contributed by atoms with E-state index in [-0.39, 0.29) is 24.4 Å². The Hall–Kier alpha value is -2.48. The Morgan fingerprint density at radius 1 is 1.42 bits per heavy atom. The molecule has 8 heteroatoms. The van der Waals surface area contributed by atoms with Crippen LogP contribution in [0.25, 0.3) is 0 Å². The van der Waals surface area contributed by atoms with Gasteiger partial charge in [0.2, 0.25) is 0 Å². The Kier molecular flexibility index (Phi) is 5.18. The maximum atomic E-state index is 12.7. The van der Waals surface area contributed by atoms with Gasteiger partial charge < -0.3 is 14.7 Å². The largest absolute Gasteiger partial charge is 0.481 e. The SMILES string of the molecule is COCC1(C(=O)O)CCCN(C(=O)c2cc(C)cc([N+](=O)[O-])c2)C1. The monoisotopic (exact) mass is 336 g/mol. The maximum Gasteiger partial charge on any atom is 0.313 e. The number of carboxylic acids is 1. The van der Waals surface area contributed by atoms with Gasteiger partial charge in [0.25, 0.3) is 11.6 Å². The van der Waals surface area contributed by atoms with E-state index in [1.54, 1.807) is 13.0 Å². The second-order valence-electron chi connectivity index (χ2n) is 6.16. The fourth-order valence-corrected chi connectivity index (χ4v) is 3.11. The average molecular weight is 336 g/mol. The number of rotatable bonds is 5. The quantitative estimate of drug-likeness (QED) is 0.649. The number of carbonyl (C=O) groups is 2. The summed E-state index contributed by atoms with van der Waals surface area (Å²) in [6.45, 7) is 2.13. The van der Waals surface area contributed by atoms with Gasteiger partial charge in [-0.25, -0.2) is 0 Å². The number of nitro groups is 1. The molecule has 0 bridgehead atoms. The molecule has 0 radical (unpaired) electrons. The van der Waals surface area contributed by atoms with Gasteiger partial charge in [-0.1, -0.05) is 0 Å². The zero-order valence-electron chi connectivity index (χ0n) is 13.7. The molecule has 24 heavy (non-hydrogen) atoms. The summed E-state index contributed by atoms with van der Waals surface area (Å²) in [7, 11) is 1.43. The van der Waals surface area contributed by atoms with Crippen LogP contribution in [-0.4, -0.2) is 53.6 Å². The van der Waals surface area contributed by atoms with Crippen molar-refractivity contribution in [2.45, 2.75) is 19.8 Å². The number of ether oxygens (including phenoxy) is 1. The third-order valence-electron chi connectivity index (χ3n) is 4.26. The highest BCUT2D eigenvalue weighted by molar-refractivity contribution is 5.95. The smallest absolute Gasteiger partial charge is 0.313 e. The van der Waals surface area contributed by atoms with E-state index >= 15 is 0 Å². The van der Waals surface area contributed by atoms with Crippen LogP contribution in [0, 0.1) is 22.5 Å². The first-order valence-electron chi connectivity index (χ1n) is 7.57. The lowest BCUT2D eigenvalue weighted by Crippen LogP contribution is -2.52. The van der Waals surface area contributed by atoms with E-state index in [0.29, 0.717) is 24.9 Å². The van der Waals surface area contributed by atoms with Gasteiger partial charge in [0.15, 0.2) is 0 Å². The van der Waals surface area contributed by atoms with Crippen LogP contribution in [0.4, 0.5) is 5.69 Å². The number of carbonyl (C=O) groups excluding carboxylic acids is 1. The van der Waals surface area contributed by atoms with Crippen LogP contribution in [0.15, 0.2) is 18.2 Å². The number of benzene rings is 1. The van der Waals surface area contributed by atoms with E-state index in [1.165, 1.54) is 24.1 Å². The first-order valence-corrected chi connectivity index (χ1v) is 7.57. The number of nitrogens with zero attached hydrogens (tertiary/aromatic N) is 2. The van der Waals surface area contributed by atoms with Crippen molar-refractivity contribution in [3.63, 3.8) is 0 Å². The van der Waals surface area contributed by atoms with Gasteiger partial charge >= 0.3 is 5.97 Å². The molecule has 0 saturated carbocycles. The Morgan fingerprint density at radius 2 is 2.12 bits per heavy atom. The zero-order chi connectivity index (χ0) is 17.9. The molecule has 1 heterocycles. The molecule has 1 aliphatic heterocycles. The van der Waals surface area contributed by atoms with Crippen LogP contribution in [0.3, 0.4) is 0 Å². The molecule has 1 aromatic rings. The molecule has 1 unspecified atom stereocenters. The van der Waals surface area contributed by atoms with Crippen molar-refractivity contribution in [2.24, 2.45) is 5.41 Å². The first kappa shape index (κ1) is 17.9. The highest BCUT2D eigenvalue weighted by Crippen LogP contribution is 2.32. The van der Waals surface area contributed by atoms with Gasteiger partial charge in [0.1, 0.15) is 5.41 Å². The maximum absolute atomic E-state index is 12.7. The molecule has 1 aliphatic rings. The molecule has 1 fully saturated rings. The van der Waals surface area contributed by atoms with Crippen LogP contribution in [-0.2, 0) is 9.53 Å². The van der Waals surface area contributed by atoms with E-state index in [9.17, 15) is 24.8 Å². The summed E-state index contributed by atoms with van der Waals surface area (Å²) in [4.78, 5) is 36.2. The summed E-state index contributed by atoms with van der Waals surface area (Å²) < 4.78 is 5.04. The number of amides is 1. The third-order valence-corrected chi connectivity index (χ3v) is 4.26. The lowest BCUT2D eigenvalue weighted by atomic mass is 9.80. The highest BCUT2D eigenvalue weighted by Gasteiger charge is 2.44. The number of carboxylic acid groups (broad SMARTS) is 1. The minimum atomic E-state index is -1.14. The molecule has 130 valence electrons. The number of aliphatic carboxylic acids is 1. The molecule has 2 rings (SSSR count). The average Bonchev–Trinajstić information content (AvgIpc) is 2.53. The molecule has 1 aromatic carbocycles. The second kappa shape index (κ2) is 6.96. The number of piperidine rings is 1. The van der Waals surface area contributed by atoms with Crippen LogP contribution in [0.5, 0.6) is 0 Å². The van der Waals surface area contributed by atoms with E-state index in [1.807, 2.05) is 0 Å². The minimum absolute atomic E-state index is 0.0140. The van der Waals surface area contributed by atoms with Crippen molar-refractivity contribution in [1.29, 1.82) is 0 Å². The summed E-state index contributed by atoms with van der Waals surface area (Å²) in [5, 5.41) is 20.5. The first-order chi connectivity index (χ1) is 11.3. The predicted molar refractivity (Wildman–Crippen MR) is 84.9 cm³/mol. The van der Waals surface area contributed by atoms with Gasteiger partial charge in [0.05, 0.1) is 11.5 Å². The Balaban J connectivity index is 2.29. The van der Waals surface area contributed by atoms with Crippen LogP contribution in [0.2, 0.25) is 0 Å². The van der Waals surface area contributed by atoms with Crippen molar-refractivity contribution in [2.75, 3.05) is 26.8 Å². The molecule has 0 aliphatic carbocycles. The topological polar surface area (TPSA) is 110 Å². The van der Waals surface area contributed by atoms with Crippen molar-refractivity contribution < 1.29 is 24.4 Å². The fourth-order valence-electron chi connectivity index (χ4n) is 3.11. The number of hydrogen-bond acceptors (Lipinski definition) is 5. The summed E-state index contributed by atoms with van der Waals surface area (Å²) in [5.74, 6) is -1.40. The predicted octanol–water partition coefficient (Wildman–Crippen LogP) is 1.86. The Bertz CT molecular complexity index is 671. The van der Waals surface area contributed by atoms with Crippen molar-refractivity contribution >= 4 is 17.6 Å². The van der Waals surface area contributed by atoms with E-state index in [2.05, 4.69) is 0 Å². The Morgan fingerprint density at radius 3 is 2.71 bits per heavy atom. The van der Waals surface area contributed by atoms with Gasteiger partial charge in [-0.05, 0) is 31.4 Å². The molecule has 0 spiro atoms. The van der Waals surface area contributed by atoms with Gasteiger partial charge in [0, 0.05) is 37.9 Å². The summed E-state index contributed by atoms with van der Waals surface area (Å²) in [5.41, 5.74) is -0.499. The van der Waals surface area contributed by atoms with Crippen LogP contribution < -0.4 is 0 Å². The molecule has 1 N–H and O–H groups in total. The number of nitro benzene ring substituents is 1. The molecule has 1 amide bonds. The van der Waals surface area contributed by atoms with Gasteiger partial charge in [-0.3, -0.25) is 19.7 Å². The second-order valence-corrected chi connectivity index (χ2v) is 6.16. The van der Waals surface area contributed by atoms with Gasteiger partial charge in [-0.15, -0.1) is 0 Å². The van der Waals surface area contributed by atoms with Crippen molar-refractivity contribution in [3.8, 4) is 0 Å². The number of hydrogen-bond donors (Lipinski definition) is 1. The lowest BCUT2D eigenvalue weighted by molar-refractivity contribution is -0.384. The summed E-state index contributed by atoms with van der Waals surface area (Å²) in [6, 6.07) is 4.19.